The lowest BCUT2D eigenvalue weighted by Gasteiger charge is -2.21. The summed E-state index contributed by atoms with van der Waals surface area (Å²) < 4.78 is 0. The minimum atomic E-state index is -0.550. The van der Waals surface area contributed by atoms with Crippen LogP contribution in [0.1, 0.15) is 31.8 Å². The molecule has 0 radical (unpaired) electrons. The zero-order chi connectivity index (χ0) is 10.1. The molecule has 13 heavy (non-hydrogen) atoms. The highest BCUT2D eigenvalue weighted by molar-refractivity contribution is 5.07. The molecule has 0 aliphatic carbocycles. The number of aryl methyl sites for hydroxylation is 1. The molecule has 1 aromatic rings. The Bertz CT molecular complexity index is 354. The molecule has 3 N–H and O–H groups in total. The summed E-state index contributed by atoms with van der Waals surface area (Å²) in [6.07, 6.45) is 0.736. The zero-order valence-corrected chi connectivity index (χ0v) is 8.22. The third kappa shape index (κ3) is 2.15. The highest BCUT2D eigenvalue weighted by atomic mass is 16.1. The molecule has 4 nitrogen and oxygen atoms in total. The number of aromatic amines is 1. The van der Waals surface area contributed by atoms with Crippen LogP contribution in [-0.4, -0.2) is 9.97 Å². The Balaban J connectivity index is 3.23. The summed E-state index contributed by atoms with van der Waals surface area (Å²) in [4.78, 5) is 18.0. The first-order valence-electron chi connectivity index (χ1n) is 4.33. The van der Waals surface area contributed by atoms with E-state index >= 15 is 0 Å². The van der Waals surface area contributed by atoms with Crippen LogP contribution in [0.15, 0.2) is 10.9 Å². The van der Waals surface area contributed by atoms with Crippen molar-refractivity contribution in [1.29, 1.82) is 0 Å². The molecule has 0 fully saturated rings. The van der Waals surface area contributed by atoms with Crippen molar-refractivity contribution in [3.05, 3.63) is 27.9 Å². The molecule has 4 heteroatoms. The van der Waals surface area contributed by atoms with Crippen molar-refractivity contribution in [2.24, 2.45) is 5.73 Å². The molecule has 0 aliphatic rings. The van der Waals surface area contributed by atoms with E-state index in [0.717, 1.165) is 6.42 Å². The maximum Gasteiger partial charge on any atom is 0.251 e. The highest BCUT2D eigenvalue weighted by Gasteiger charge is 2.21. The molecule has 0 amide bonds. The molecule has 0 saturated heterocycles. The van der Waals surface area contributed by atoms with Crippen LogP contribution in [0.25, 0.3) is 0 Å². The molecule has 0 bridgehead atoms. The summed E-state index contributed by atoms with van der Waals surface area (Å²) in [7, 11) is 0. The van der Waals surface area contributed by atoms with Gasteiger partial charge in [-0.05, 0) is 20.3 Å². The molecule has 0 saturated carbocycles. The lowest BCUT2D eigenvalue weighted by Crippen LogP contribution is -2.36. The molecule has 0 aliphatic heterocycles. The fourth-order valence-electron chi connectivity index (χ4n) is 1.02. The van der Waals surface area contributed by atoms with E-state index in [0.29, 0.717) is 11.5 Å². The first-order chi connectivity index (χ1) is 5.95. The van der Waals surface area contributed by atoms with E-state index in [9.17, 15) is 4.79 Å². The Kier molecular flexibility index (Phi) is 2.52. The number of H-pyrrole nitrogens is 1. The average Bonchev–Trinajstić information content (AvgIpc) is 2.02. The van der Waals surface area contributed by atoms with Gasteiger partial charge in [-0.15, -0.1) is 0 Å². The van der Waals surface area contributed by atoms with E-state index in [2.05, 4.69) is 9.97 Å². The number of rotatable bonds is 2. The van der Waals surface area contributed by atoms with Gasteiger partial charge >= 0.3 is 0 Å². The molecule has 72 valence electrons. The predicted molar refractivity (Wildman–Crippen MR) is 51.4 cm³/mol. The number of nitrogens with two attached hydrogens (primary N) is 1. The normalized spacial score (nSPS) is 15.4. The first-order valence-corrected chi connectivity index (χ1v) is 4.33. The van der Waals surface area contributed by atoms with Crippen molar-refractivity contribution in [3.8, 4) is 0 Å². The Morgan fingerprint density at radius 1 is 1.69 bits per heavy atom. The molecule has 1 aromatic heterocycles. The van der Waals surface area contributed by atoms with Crippen molar-refractivity contribution >= 4 is 0 Å². The van der Waals surface area contributed by atoms with Gasteiger partial charge in [0.2, 0.25) is 0 Å². The van der Waals surface area contributed by atoms with Crippen molar-refractivity contribution in [2.45, 2.75) is 32.7 Å². The second-order valence-corrected chi connectivity index (χ2v) is 3.51. The fourth-order valence-corrected chi connectivity index (χ4v) is 1.02. The van der Waals surface area contributed by atoms with Crippen LogP contribution in [0.5, 0.6) is 0 Å². The number of hydrogen-bond donors (Lipinski definition) is 2. The minimum absolute atomic E-state index is 0.146. The van der Waals surface area contributed by atoms with Gasteiger partial charge in [-0.25, -0.2) is 4.98 Å². The predicted octanol–water partition coefficient (Wildman–Crippen LogP) is 0.662. The highest BCUT2D eigenvalue weighted by Crippen LogP contribution is 2.15. The SMILES string of the molecule is CCC(C)(N)c1nc(C)cc(=O)[nH]1. The van der Waals surface area contributed by atoms with E-state index in [1.165, 1.54) is 6.07 Å². The van der Waals surface area contributed by atoms with Gasteiger partial charge in [-0.1, -0.05) is 6.92 Å². The van der Waals surface area contributed by atoms with Crippen LogP contribution < -0.4 is 11.3 Å². The van der Waals surface area contributed by atoms with Gasteiger partial charge in [-0.3, -0.25) is 4.79 Å². The molecule has 1 atom stereocenters. The number of nitrogens with zero attached hydrogens (tertiary/aromatic N) is 1. The second-order valence-electron chi connectivity index (χ2n) is 3.51. The summed E-state index contributed by atoms with van der Waals surface area (Å²) in [5.41, 5.74) is 5.94. The number of nitrogens with one attached hydrogen (secondary N) is 1. The molecular weight excluding hydrogens is 166 g/mol. The summed E-state index contributed by atoms with van der Waals surface area (Å²) in [6, 6.07) is 1.45. The zero-order valence-electron chi connectivity index (χ0n) is 8.22. The van der Waals surface area contributed by atoms with Crippen LogP contribution in [0.3, 0.4) is 0 Å². The van der Waals surface area contributed by atoms with E-state index in [1.807, 2.05) is 13.8 Å². The van der Waals surface area contributed by atoms with Gasteiger partial charge in [0.25, 0.3) is 5.56 Å². The standard InChI is InChI=1S/C9H15N3O/c1-4-9(3,10)8-11-6(2)5-7(13)12-8/h5H,4,10H2,1-3H3,(H,11,12,13). The molecule has 0 spiro atoms. The smallest absolute Gasteiger partial charge is 0.251 e. The Hall–Kier alpha value is -1.16. The number of hydrogen-bond acceptors (Lipinski definition) is 3. The summed E-state index contributed by atoms with van der Waals surface area (Å²) in [6.45, 7) is 5.59. The monoisotopic (exact) mass is 181 g/mol. The van der Waals surface area contributed by atoms with Crippen LogP contribution in [0, 0.1) is 6.92 Å². The van der Waals surface area contributed by atoms with Crippen LogP contribution in [-0.2, 0) is 5.54 Å². The quantitative estimate of drug-likeness (QED) is 0.704. The van der Waals surface area contributed by atoms with E-state index in [1.54, 1.807) is 6.92 Å². The van der Waals surface area contributed by atoms with Gasteiger partial charge in [0.15, 0.2) is 0 Å². The fraction of sp³-hybridized carbons (Fsp3) is 0.556. The van der Waals surface area contributed by atoms with Crippen molar-refractivity contribution < 1.29 is 0 Å². The Morgan fingerprint density at radius 2 is 2.31 bits per heavy atom. The molecule has 1 unspecified atom stereocenters. The van der Waals surface area contributed by atoms with E-state index < -0.39 is 5.54 Å². The van der Waals surface area contributed by atoms with E-state index in [-0.39, 0.29) is 5.56 Å². The summed E-state index contributed by atoms with van der Waals surface area (Å²) >= 11 is 0. The average molecular weight is 181 g/mol. The first kappa shape index (κ1) is 9.92. The molecule has 0 aromatic carbocycles. The Labute approximate surface area is 77.2 Å². The van der Waals surface area contributed by atoms with Gasteiger partial charge < -0.3 is 10.7 Å². The van der Waals surface area contributed by atoms with Crippen LogP contribution >= 0.6 is 0 Å². The van der Waals surface area contributed by atoms with Gasteiger partial charge in [0.1, 0.15) is 5.82 Å². The Morgan fingerprint density at radius 3 is 2.77 bits per heavy atom. The lowest BCUT2D eigenvalue weighted by molar-refractivity contribution is 0.442. The third-order valence-electron chi connectivity index (χ3n) is 2.15. The third-order valence-corrected chi connectivity index (χ3v) is 2.15. The molecular formula is C9H15N3O. The van der Waals surface area contributed by atoms with Crippen molar-refractivity contribution in [2.75, 3.05) is 0 Å². The van der Waals surface area contributed by atoms with Gasteiger partial charge in [0, 0.05) is 11.8 Å². The van der Waals surface area contributed by atoms with Gasteiger partial charge in [0.05, 0.1) is 5.54 Å². The molecule has 1 rings (SSSR count). The largest absolute Gasteiger partial charge is 0.319 e. The van der Waals surface area contributed by atoms with Gasteiger partial charge in [-0.2, -0.15) is 0 Å². The van der Waals surface area contributed by atoms with Crippen molar-refractivity contribution in [1.82, 2.24) is 9.97 Å². The summed E-state index contributed by atoms with van der Waals surface area (Å²) in [5, 5.41) is 0. The summed E-state index contributed by atoms with van der Waals surface area (Å²) in [5.74, 6) is 0.556. The minimum Gasteiger partial charge on any atom is -0.319 e. The number of aromatic nitrogens is 2. The van der Waals surface area contributed by atoms with Crippen LogP contribution in [0.4, 0.5) is 0 Å². The second kappa shape index (κ2) is 3.30. The van der Waals surface area contributed by atoms with Crippen molar-refractivity contribution in [3.63, 3.8) is 0 Å². The van der Waals surface area contributed by atoms with Crippen LogP contribution in [0.2, 0.25) is 0 Å². The maximum absolute atomic E-state index is 11.1. The maximum atomic E-state index is 11.1. The van der Waals surface area contributed by atoms with E-state index in [4.69, 9.17) is 5.73 Å². The molecule has 1 heterocycles. The lowest BCUT2D eigenvalue weighted by atomic mass is 9.99. The topological polar surface area (TPSA) is 71.8 Å².